The summed E-state index contributed by atoms with van der Waals surface area (Å²) in [5.74, 6) is 0.465. The highest BCUT2D eigenvalue weighted by Crippen LogP contribution is 2.36. The van der Waals surface area contributed by atoms with Crippen LogP contribution in [0.5, 0.6) is 0 Å². The lowest BCUT2D eigenvalue weighted by Gasteiger charge is -2.16. The van der Waals surface area contributed by atoms with Gasteiger partial charge in [0, 0.05) is 19.0 Å². The third-order valence-corrected chi connectivity index (χ3v) is 5.63. The van der Waals surface area contributed by atoms with Crippen LogP contribution in [0.25, 0.3) is 0 Å². The van der Waals surface area contributed by atoms with Crippen LogP contribution in [0.3, 0.4) is 0 Å². The molecule has 3 rings (SSSR count). The van der Waals surface area contributed by atoms with E-state index in [1.807, 2.05) is 23.1 Å². The molecular weight excluding hydrogens is 375 g/mol. The zero-order valence-electron chi connectivity index (χ0n) is 12.2. The maximum absolute atomic E-state index is 12.7. The predicted octanol–water partition coefficient (Wildman–Crippen LogP) is 4.29. The topological polar surface area (TPSA) is 46.3 Å². The number of hydrogen-bond acceptors (Lipinski definition) is 3. The van der Waals surface area contributed by atoms with Crippen LogP contribution in [0.4, 0.5) is 0 Å². The van der Waals surface area contributed by atoms with E-state index < -0.39 is 0 Å². The molecule has 23 heavy (non-hydrogen) atoms. The first-order valence-corrected chi connectivity index (χ1v) is 8.66. The van der Waals surface area contributed by atoms with Crippen molar-refractivity contribution in [3.05, 3.63) is 56.2 Å². The number of nitrogens with zero attached hydrogens (tertiary/aromatic N) is 1. The standard InChI is InChI=1S/C16H16Cl2N2OS.ClH/c17-14-6-12(15(18)22-14)16(21)20-8-11(7-19)13(9-20)10-4-2-1-3-5-10;/h1-6,11,13H,7-9,19H2;1H/t11-,13+;/m1./s1. The molecule has 1 amide bonds. The number of carbonyl (C=O) groups excluding carboxylic acids is 1. The largest absolute Gasteiger partial charge is 0.338 e. The van der Waals surface area contributed by atoms with Crippen LogP contribution in [0.1, 0.15) is 21.8 Å². The second-order valence-electron chi connectivity index (χ2n) is 5.46. The van der Waals surface area contributed by atoms with Crippen LogP contribution >= 0.6 is 46.9 Å². The summed E-state index contributed by atoms with van der Waals surface area (Å²) in [5, 5.41) is 0. The average molecular weight is 392 g/mol. The lowest BCUT2D eigenvalue weighted by Crippen LogP contribution is -2.29. The average Bonchev–Trinajstić information content (AvgIpc) is 3.10. The second kappa shape index (κ2) is 7.86. The van der Waals surface area contributed by atoms with Crippen molar-refractivity contribution in [1.29, 1.82) is 0 Å². The van der Waals surface area contributed by atoms with Gasteiger partial charge in [-0.05, 0) is 24.1 Å². The van der Waals surface area contributed by atoms with Crippen molar-refractivity contribution in [3.8, 4) is 0 Å². The lowest BCUT2D eigenvalue weighted by atomic mass is 9.89. The molecule has 1 aliphatic heterocycles. The van der Waals surface area contributed by atoms with Crippen LogP contribution in [-0.4, -0.2) is 30.4 Å². The van der Waals surface area contributed by atoms with Crippen molar-refractivity contribution in [1.82, 2.24) is 4.90 Å². The van der Waals surface area contributed by atoms with Gasteiger partial charge in [-0.25, -0.2) is 0 Å². The van der Waals surface area contributed by atoms with Crippen molar-refractivity contribution < 1.29 is 4.79 Å². The highest BCUT2D eigenvalue weighted by Gasteiger charge is 2.36. The Labute approximate surface area is 155 Å². The molecule has 2 aromatic rings. The minimum atomic E-state index is -0.0648. The maximum Gasteiger partial charge on any atom is 0.256 e. The summed E-state index contributed by atoms with van der Waals surface area (Å²) >= 11 is 13.3. The van der Waals surface area contributed by atoms with Crippen molar-refractivity contribution >= 4 is 52.9 Å². The van der Waals surface area contributed by atoms with Crippen LogP contribution < -0.4 is 5.73 Å². The normalized spacial score (nSPS) is 20.4. The number of halogens is 3. The van der Waals surface area contributed by atoms with Gasteiger partial charge in [0.1, 0.15) is 4.34 Å². The van der Waals surface area contributed by atoms with E-state index in [0.717, 1.165) is 0 Å². The molecule has 0 bridgehead atoms. The van der Waals surface area contributed by atoms with Gasteiger partial charge in [0.2, 0.25) is 0 Å². The summed E-state index contributed by atoms with van der Waals surface area (Å²) in [4.78, 5) is 14.5. The number of benzene rings is 1. The number of rotatable bonds is 3. The van der Waals surface area contributed by atoms with Crippen molar-refractivity contribution in [2.75, 3.05) is 19.6 Å². The van der Waals surface area contributed by atoms with Crippen LogP contribution in [-0.2, 0) is 0 Å². The van der Waals surface area contributed by atoms with E-state index >= 15 is 0 Å². The maximum atomic E-state index is 12.7. The third kappa shape index (κ3) is 3.83. The molecular formula is C16H17Cl3N2OS. The van der Waals surface area contributed by atoms with E-state index in [-0.39, 0.29) is 30.2 Å². The molecule has 3 nitrogen and oxygen atoms in total. The fourth-order valence-electron chi connectivity index (χ4n) is 3.01. The summed E-state index contributed by atoms with van der Waals surface area (Å²) in [6.45, 7) is 1.87. The van der Waals surface area contributed by atoms with E-state index in [4.69, 9.17) is 28.9 Å². The van der Waals surface area contributed by atoms with Gasteiger partial charge in [-0.3, -0.25) is 4.79 Å². The number of hydrogen-bond donors (Lipinski definition) is 1. The first kappa shape index (κ1) is 18.6. The van der Waals surface area contributed by atoms with Crippen molar-refractivity contribution in [2.45, 2.75) is 5.92 Å². The molecule has 0 radical (unpaired) electrons. The smallest absolute Gasteiger partial charge is 0.256 e. The number of nitrogens with two attached hydrogens (primary N) is 1. The summed E-state index contributed by atoms with van der Waals surface area (Å²) in [5.41, 5.74) is 7.63. The van der Waals surface area contributed by atoms with E-state index in [1.165, 1.54) is 16.9 Å². The molecule has 124 valence electrons. The predicted molar refractivity (Wildman–Crippen MR) is 99.2 cm³/mol. The van der Waals surface area contributed by atoms with E-state index in [2.05, 4.69) is 12.1 Å². The monoisotopic (exact) mass is 390 g/mol. The molecule has 2 N–H and O–H groups in total. The molecule has 0 aliphatic carbocycles. The van der Waals surface area contributed by atoms with Crippen LogP contribution in [0, 0.1) is 5.92 Å². The minimum Gasteiger partial charge on any atom is -0.338 e. The zero-order chi connectivity index (χ0) is 15.7. The van der Waals surface area contributed by atoms with Gasteiger partial charge < -0.3 is 10.6 Å². The van der Waals surface area contributed by atoms with E-state index in [0.29, 0.717) is 33.9 Å². The Morgan fingerprint density at radius 3 is 2.52 bits per heavy atom. The first-order valence-electron chi connectivity index (χ1n) is 7.09. The number of likely N-dealkylation sites (tertiary alicyclic amines) is 1. The molecule has 2 atom stereocenters. The Morgan fingerprint density at radius 1 is 1.26 bits per heavy atom. The molecule has 2 heterocycles. The highest BCUT2D eigenvalue weighted by atomic mass is 35.5. The Kier molecular flexibility index (Phi) is 6.34. The Balaban J connectivity index is 0.00000192. The van der Waals surface area contributed by atoms with Gasteiger partial charge in [0.15, 0.2) is 0 Å². The summed E-state index contributed by atoms with van der Waals surface area (Å²) in [6.07, 6.45) is 0. The molecule has 7 heteroatoms. The fourth-order valence-corrected chi connectivity index (χ4v) is 4.46. The molecule has 0 unspecified atom stereocenters. The SMILES string of the molecule is Cl.NC[C@@H]1CN(C(=O)c2cc(Cl)sc2Cl)C[C@H]1c1ccccc1. The Hall–Kier alpha value is -0.780. The molecule has 1 saturated heterocycles. The van der Waals surface area contributed by atoms with Crippen LogP contribution in [0.15, 0.2) is 36.4 Å². The van der Waals surface area contributed by atoms with Crippen molar-refractivity contribution in [3.63, 3.8) is 0 Å². The number of amides is 1. The number of carbonyl (C=O) groups is 1. The molecule has 1 aromatic heterocycles. The van der Waals surface area contributed by atoms with Gasteiger partial charge >= 0.3 is 0 Å². The van der Waals surface area contributed by atoms with E-state index in [9.17, 15) is 4.79 Å². The molecule has 1 aliphatic rings. The van der Waals surface area contributed by atoms with Gasteiger partial charge in [-0.2, -0.15) is 0 Å². The molecule has 0 spiro atoms. The second-order valence-corrected chi connectivity index (χ2v) is 7.75. The lowest BCUT2D eigenvalue weighted by molar-refractivity contribution is 0.0787. The van der Waals surface area contributed by atoms with Gasteiger partial charge in [-0.1, -0.05) is 53.5 Å². The number of thiophene rings is 1. The van der Waals surface area contributed by atoms with Gasteiger partial charge in [-0.15, -0.1) is 23.7 Å². The third-order valence-electron chi connectivity index (χ3n) is 4.15. The Morgan fingerprint density at radius 2 is 1.96 bits per heavy atom. The highest BCUT2D eigenvalue weighted by molar-refractivity contribution is 7.20. The van der Waals surface area contributed by atoms with Gasteiger partial charge in [0.05, 0.1) is 9.90 Å². The first-order chi connectivity index (χ1) is 10.6. The van der Waals surface area contributed by atoms with E-state index in [1.54, 1.807) is 6.07 Å². The molecule has 1 aromatic carbocycles. The van der Waals surface area contributed by atoms with Crippen LogP contribution in [0.2, 0.25) is 8.67 Å². The zero-order valence-corrected chi connectivity index (χ0v) is 15.4. The van der Waals surface area contributed by atoms with Gasteiger partial charge in [0.25, 0.3) is 5.91 Å². The fraction of sp³-hybridized carbons (Fsp3) is 0.312. The minimum absolute atomic E-state index is 0. The quantitative estimate of drug-likeness (QED) is 0.848. The summed E-state index contributed by atoms with van der Waals surface area (Å²) in [6, 6.07) is 11.9. The summed E-state index contributed by atoms with van der Waals surface area (Å²) in [7, 11) is 0. The summed E-state index contributed by atoms with van der Waals surface area (Å²) < 4.78 is 0.977. The van der Waals surface area contributed by atoms with Crippen molar-refractivity contribution in [2.24, 2.45) is 11.7 Å². The Bertz CT molecular complexity index is 677. The molecule has 1 fully saturated rings. The molecule has 0 saturated carbocycles.